The fourth-order valence-corrected chi connectivity index (χ4v) is 3.66. The second-order valence-electron chi connectivity index (χ2n) is 7.09. The summed E-state index contributed by atoms with van der Waals surface area (Å²) in [4.78, 5) is 26.2. The molecule has 1 saturated heterocycles. The Hall–Kier alpha value is -2.75. The highest BCUT2D eigenvalue weighted by Gasteiger charge is 2.39. The van der Waals surface area contributed by atoms with E-state index in [4.69, 9.17) is 11.6 Å². The molecule has 0 spiro atoms. The molecule has 1 atom stereocenters. The number of carbonyl (C=O) groups is 2. The molecular formula is C20H15ClF6N2O2. The van der Waals surface area contributed by atoms with E-state index < -0.39 is 46.9 Å². The van der Waals surface area contributed by atoms with Crippen LogP contribution in [0.2, 0.25) is 5.02 Å². The second kappa shape index (κ2) is 8.07. The fourth-order valence-electron chi connectivity index (χ4n) is 3.34. The molecule has 0 radical (unpaired) electrons. The van der Waals surface area contributed by atoms with Crippen molar-refractivity contribution in [3.8, 4) is 0 Å². The number of para-hydroxylation sites is 1. The molecule has 166 valence electrons. The molecule has 3 rings (SSSR count). The van der Waals surface area contributed by atoms with Gasteiger partial charge in [-0.15, -0.1) is 0 Å². The van der Waals surface area contributed by atoms with Crippen molar-refractivity contribution in [2.75, 3.05) is 16.8 Å². The number of anilines is 2. The quantitative estimate of drug-likeness (QED) is 0.594. The molecule has 0 saturated carbocycles. The predicted molar refractivity (Wildman–Crippen MR) is 102 cm³/mol. The van der Waals surface area contributed by atoms with Crippen LogP contribution in [0.5, 0.6) is 0 Å². The molecule has 1 aliphatic heterocycles. The summed E-state index contributed by atoms with van der Waals surface area (Å²) in [5.41, 5.74) is -2.67. The summed E-state index contributed by atoms with van der Waals surface area (Å²) in [7, 11) is 0. The Balaban J connectivity index is 1.85. The number of hydrogen-bond donors (Lipinski definition) is 1. The first-order chi connectivity index (χ1) is 14.3. The number of halogens is 7. The maximum Gasteiger partial charge on any atom is 0.416 e. The normalized spacial score (nSPS) is 17.2. The van der Waals surface area contributed by atoms with Gasteiger partial charge in [0.15, 0.2) is 0 Å². The van der Waals surface area contributed by atoms with Crippen molar-refractivity contribution in [2.24, 2.45) is 5.92 Å². The van der Waals surface area contributed by atoms with E-state index >= 15 is 0 Å². The van der Waals surface area contributed by atoms with Crippen molar-refractivity contribution in [3.63, 3.8) is 0 Å². The van der Waals surface area contributed by atoms with Gasteiger partial charge in [-0.3, -0.25) is 9.59 Å². The van der Waals surface area contributed by atoms with Crippen LogP contribution in [-0.4, -0.2) is 18.4 Å². The van der Waals surface area contributed by atoms with Gasteiger partial charge >= 0.3 is 12.4 Å². The molecule has 11 heteroatoms. The average Bonchev–Trinajstić information content (AvgIpc) is 3.01. The van der Waals surface area contributed by atoms with E-state index in [9.17, 15) is 35.9 Å². The van der Waals surface area contributed by atoms with Crippen LogP contribution >= 0.6 is 11.6 Å². The summed E-state index contributed by atoms with van der Waals surface area (Å²) < 4.78 is 78.0. The van der Waals surface area contributed by atoms with Crippen LogP contribution in [0.15, 0.2) is 36.4 Å². The third-order valence-electron chi connectivity index (χ3n) is 4.81. The molecule has 1 N–H and O–H groups in total. The van der Waals surface area contributed by atoms with E-state index in [1.165, 1.54) is 4.90 Å². The van der Waals surface area contributed by atoms with Gasteiger partial charge in [0.1, 0.15) is 0 Å². The van der Waals surface area contributed by atoms with Crippen molar-refractivity contribution >= 4 is 34.8 Å². The van der Waals surface area contributed by atoms with Gasteiger partial charge in [-0.05, 0) is 36.8 Å². The van der Waals surface area contributed by atoms with Gasteiger partial charge in [0.25, 0.3) is 0 Å². The van der Waals surface area contributed by atoms with Gasteiger partial charge < -0.3 is 10.2 Å². The first-order valence-corrected chi connectivity index (χ1v) is 9.31. The maximum atomic E-state index is 13.0. The monoisotopic (exact) mass is 464 g/mol. The van der Waals surface area contributed by atoms with Gasteiger partial charge in [-0.2, -0.15) is 26.3 Å². The molecule has 1 fully saturated rings. The van der Waals surface area contributed by atoms with E-state index in [1.807, 2.05) is 0 Å². The first kappa shape index (κ1) is 22.9. The topological polar surface area (TPSA) is 49.4 Å². The number of aryl methyl sites for hydroxylation is 1. The number of hydrogen-bond acceptors (Lipinski definition) is 2. The van der Waals surface area contributed by atoms with Crippen molar-refractivity contribution in [1.82, 2.24) is 0 Å². The zero-order valence-electron chi connectivity index (χ0n) is 15.9. The van der Waals surface area contributed by atoms with Crippen LogP contribution in [0.3, 0.4) is 0 Å². The minimum Gasteiger partial charge on any atom is -0.326 e. The number of alkyl halides is 6. The molecule has 2 aromatic carbocycles. The standard InChI is InChI=1S/C20H15ClF6N2O2/c1-10-3-2-4-15(21)17(10)29-9-11(5-16(29)30)18(31)28-14-7-12(19(22,23)24)6-13(8-14)20(25,26)27/h2-4,6-8,11H,5,9H2,1H3,(H,28,31). The molecule has 1 unspecified atom stereocenters. The largest absolute Gasteiger partial charge is 0.416 e. The smallest absolute Gasteiger partial charge is 0.326 e. The summed E-state index contributed by atoms with van der Waals surface area (Å²) in [5.74, 6) is -2.28. The third-order valence-corrected chi connectivity index (χ3v) is 5.11. The van der Waals surface area contributed by atoms with Crippen molar-refractivity contribution in [3.05, 3.63) is 58.1 Å². The highest BCUT2D eigenvalue weighted by atomic mass is 35.5. The number of nitrogens with one attached hydrogen (secondary N) is 1. The Morgan fingerprint density at radius 1 is 1.06 bits per heavy atom. The summed E-state index contributed by atoms with van der Waals surface area (Å²) >= 11 is 6.14. The van der Waals surface area contributed by atoms with E-state index in [2.05, 4.69) is 5.32 Å². The van der Waals surface area contributed by atoms with Gasteiger partial charge in [-0.25, -0.2) is 0 Å². The molecule has 0 aliphatic carbocycles. The number of carbonyl (C=O) groups excluding carboxylic acids is 2. The zero-order chi connectivity index (χ0) is 23.1. The summed E-state index contributed by atoms with van der Waals surface area (Å²) in [6.07, 6.45) is -10.3. The molecule has 1 heterocycles. The highest BCUT2D eigenvalue weighted by Crippen LogP contribution is 2.38. The molecule has 2 aromatic rings. The Bertz CT molecular complexity index is 983. The molecular weight excluding hydrogens is 450 g/mol. The van der Waals surface area contributed by atoms with E-state index in [1.54, 1.807) is 25.1 Å². The van der Waals surface area contributed by atoms with E-state index in [0.29, 0.717) is 23.4 Å². The number of rotatable bonds is 3. The summed E-state index contributed by atoms with van der Waals surface area (Å²) in [5, 5.41) is 2.36. The van der Waals surface area contributed by atoms with Gasteiger partial charge in [0.2, 0.25) is 11.8 Å². The van der Waals surface area contributed by atoms with E-state index in [-0.39, 0.29) is 24.1 Å². The Kier molecular flexibility index (Phi) is 5.96. The van der Waals surface area contributed by atoms with Crippen LogP contribution in [0.25, 0.3) is 0 Å². The molecule has 1 aliphatic rings. The zero-order valence-corrected chi connectivity index (χ0v) is 16.6. The number of amides is 2. The summed E-state index contributed by atoms with van der Waals surface area (Å²) in [6, 6.07) is 5.75. The highest BCUT2D eigenvalue weighted by molar-refractivity contribution is 6.34. The Morgan fingerprint density at radius 2 is 1.65 bits per heavy atom. The van der Waals surface area contributed by atoms with Crippen LogP contribution < -0.4 is 10.2 Å². The Morgan fingerprint density at radius 3 is 2.16 bits per heavy atom. The minimum absolute atomic E-state index is 0.0311. The third kappa shape index (κ3) is 4.95. The lowest BCUT2D eigenvalue weighted by molar-refractivity contribution is -0.143. The predicted octanol–water partition coefficient (Wildman–Crippen LogP) is 5.68. The number of benzene rings is 2. The average molecular weight is 465 g/mol. The second-order valence-corrected chi connectivity index (χ2v) is 7.50. The van der Waals surface area contributed by atoms with Crippen molar-refractivity contribution in [2.45, 2.75) is 25.7 Å². The fraction of sp³-hybridized carbons (Fsp3) is 0.300. The Labute approximate surface area is 177 Å². The van der Waals surface area contributed by atoms with Crippen LogP contribution in [0, 0.1) is 12.8 Å². The molecule has 31 heavy (non-hydrogen) atoms. The SMILES string of the molecule is Cc1cccc(Cl)c1N1CC(C(=O)Nc2cc(C(F)(F)F)cc(C(F)(F)F)c2)CC1=O. The molecule has 0 aromatic heterocycles. The van der Waals surface area contributed by atoms with E-state index in [0.717, 1.165) is 0 Å². The summed E-state index contributed by atoms with van der Waals surface area (Å²) in [6.45, 7) is 1.60. The molecule has 2 amide bonds. The first-order valence-electron chi connectivity index (χ1n) is 8.93. The van der Waals surface area contributed by atoms with Crippen LogP contribution in [0.4, 0.5) is 37.7 Å². The molecule has 0 bridgehead atoms. The van der Waals surface area contributed by atoms with Crippen molar-refractivity contribution < 1.29 is 35.9 Å². The van der Waals surface area contributed by atoms with Crippen LogP contribution in [0.1, 0.15) is 23.1 Å². The van der Waals surface area contributed by atoms with Crippen LogP contribution in [-0.2, 0) is 21.9 Å². The minimum atomic E-state index is -5.04. The number of nitrogens with zero attached hydrogens (tertiary/aromatic N) is 1. The van der Waals surface area contributed by atoms with Crippen molar-refractivity contribution in [1.29, 1.82) is 0 Å². The molecule has 4 nitrogen and oxygen atoms in total. The van der Waals surface area contributed by atoms with Gasteiger partial charge in [0, 0.05) is 18.7 Å². The van der Waals surface area contributed by atoms with Gasteiger partial charge in [-0.1, -0.05) is 23.7 Å². The lowest BCUT2D eigenvalue weighted by Gasteiger charge is -2.20. The lowest BCUT2D eigenvalue weighted by atomic mass is 10.1. The van der Waals surface area contributed by atoms with Gasteiger partial charge in [0.05, 0.1) is 27.8 Å². The lowest BCUT2D eigenvalue weighted by Crippen LogP contribution is -2.29. The maximum absolute atomic E-state index is 13.0.